The van der Waals surface area contributed by atoms with Crippen molar-refractivity contribution in [2.45, 2.75) is 33.2 Å². The number of hydrogen-bond donors (Lipinski definition) is 1. The maximum atomic E-state index is 5.87. The largest absolute Gasteiger partial charge is 0.383 e. The molecule has 1 atom stereocenters. The topological polar surface area (TPSA) is 56.7 Å². The van der Waals surface area contributed by atoms with Crippen molar-refractivity contribution in [1.82, 2.24) is 14.5 Å². The van der Waals surface area contributed by atoms with Crippen LogP contribution < -0.4 is 5.73 Å². The smallest absolute Gasteiger partial charge is 0.226 e. The number of halogens is 1. The molecule has 0 aliphatic rings. The zero-order valence-electron chi connectivity index (χ0n) is 11.4. The summed E-state index contributed by atoms with van der Waals surface area (Å²) >= 11 is 5.87. The third-order valence-electron chi connectivity index (χ3n) is 3.85. The van der Waals surface area contributed by atoms with E-state index in [2.05, 4.69) is 35.0 Å². The highest BCUT2D eigenvalue weighted by atomic mass is 35.5. The second-order valence-corrected chi connectivity index (χ2v) is 5.42. The number of hydrogen-bond acceptors (Lipinski definition) is 3. The van der Waals surface area contributed by atoms with Crippen LogP contribution in [0.4, 0.5) is 5.82 Å². The minimum Gasteiger partial charge on any atom is -0.383 e. The first-order valence-electron chi connectivity index (χ1n) is 6.40. The zero-order valence-corrected chi connectivity index (χ0v) is 12.1. The molecule has 0 aromatic carbocycles. The number of fused-ring (bicyclic) bond motifs is 1. The van der Waals surface area contributed by atoms with Crippen molar-refractivity contribution < 1.29 is 0 Å². The summed E-state index contributed by atoms with van der Waals surface area (Å²) in [5, 5.41) is 1.04. The number of allylic oxidation sites excluding steroid dienone is 1. The first-order chi connectivity index (χ1) is 8.99. The van der Waals surface area contributed by atoms with Gasteiger partial charge < -0.3 is 10.3 Å². The molecule has 0 fully saturated rings. The Kier molecular flexibility index (Phi) is 3.80. The maximum Gasteiger partial charge on any atom is 0.226 e. The molecule has 0 aliphatic carbocycles. The van der Waals surface area contributed by atoms with E-state index in [-0.39, 0.29) is 10.7 Å². The quantitative estimate of drug-likeness (QED) is 0.671. The molecule has 0 saturated heterocycles. The molecule has 5 heteroatoms. The molecule has 0 unspecified atom stereocenters. The van der Waals surface area contributed by atoms with Gasteiger partial charge in [-0.3, -0.25) is 0 Å². The molecule has 0 saturated carbocycles. The van der Waals surface area contributed by atoms with E-state index in [1.54, 1.807) is 0 Å². The van der Waals surface area contributed by atoms with Crippen LogP contribution in [0.5, 0.6) is 0 Å². The van der Waals surface area contributed by atoms with E-state index in [0.717, 1.165) is 30.4 Å². The lowest BCUT2D eigenvalue weighted by Gasteiger charge is -2.24. The highest BCUT2D eigenvalue weighted by molar-refractivity contribution is 6.28. The summed E-state index contributed by atoms with van der Waals surface area (Å²) < 4.78 is 2.07. The molecule has 2 aromatic heterocycles. The lowest BCUT2D eigenvalue weighted by Crippen LogP contribution is -2.15. The van der Waals surface area contributed by atoms with Crippen molar-refractivity contribution in [3.63, 3.8) is 0 Å². The van der Waals surface area contributed by atoms with E-state index in [4.69, 9.17) is 17.3 Å². The van der Waals surface area contributed by atoms with Crippen LogP contribution in [0.25, 0.3) is 11.0 Å². The zero-order chi connectivity index (χ0) is 14.0. The molecule has 0 radical (unpaired) electrons. The van der Waals surface area contributed by atoms with E-state index >= 15 is 0 Å². The Bertz CT molecular complexity index is 605. The fourth-order valence-corrected chi connectivity index (χ4v) is 2.21. The summed E-state index contributed by atoms with van der Waals surface area (Å²) in [7, 11) is 0. The fourth-order valence-electron chi connectivity index (χ4n) is 2.04. The van der Waals surface area contributed by atoms with Crippen LogP contribution >= 0.6 is 11.6 Å². The maximum absolute atomic E-state index is 5.87. The molecule has 19 heavy (non-hydrogen) atoms. The van der Waals surface area contributed by atoms with Gasteiger partial charge in [-0.05, 0) is 35.9 Å². The molecule has 2 rings (SSSR count). The Morgan fingerprint density at radius 3 is 2.89 bits per heavy atom. The second kappa shape index (κ2) is 5.21. The molecule has 102 valence electrons. The van der Waals surface area contributed by atoms with Gasteiger partial charge in [-0.25, -0.2) is 4.98 Å². The molecule has 2 heterocycles. The summed E-state index contributed by atoms with van der Waals surface area (Å²) in [5.41, 5.74) is 6.77. The lowest BCUT2D eigenvalue weighted by atomic mass is 9.84. The van der Waals surface area contributed by atoms with E-state index in [1.165, 1.54) is 0 Å². The summed E-state index contributed by atoms with van der Waals surface area (Å²) in [6.07, 6.45) is 6.06. The van der Waals surface area contributed by atoms with Crippen molar-refractivity contribution >= 4 is 28.5 Å². The number of nitrogens with two attached hydrogens (primary N) is 1. The van der Waals surface area contributed by atoms with Gasteiger partial charge in [0, 0.05) is 12.7 Å². The number of anilines is 1. The Labute approximate surface area is 118 Å². The Morgan fingerprint density at radius 2 is 2.26 bits per heavy atom. The molecular weight excluding hydrogens is 260 g/mol. The number of nitrogens with zero attached hydrogens (tertiary/aromatic N) is 3. The first kappa shape index (κ1) is 13.9. The predicted octanol–water partition coefficient (Wildman–Crippen LogP) is 3.66. The van der Waals surface area contributed by atoms with Crippen LogP contribution in [0.15, 0.2) is 24.9 Å². The van der Waals surface area contributed by atoms with E-state index in [9.17, 15) is 0 Å². The van der Waals surface area contributed by atoms with Crippen LogP contribution in [0.1, 0.15) is 26.7 Å². The Morgan fingerprint density at radius 1 is 1.53 bits per heavy atom. The molecule has 0 aliphatic heterocycles. The predicted molar refractivity (Wildman–Crippen MR) is 80.2 cm³/mol. The van der Waals surface area contributed by atoms with E-state index in [1.807, 2.05) is 18.3 Å². The third-order valence-corrected chi connectivity index (χ3v) is 4.01. The standard InChI is InChI=1S/C14H19ClN4/c1-4-14(3,5-2)7-9-19-8-6-10-11(16)17-13(15)18-12(10)19/h4,6,8H,1,5,7,9H2,2-3H3,(H2,16,17,18)/t14-/m0/s1. The summed E-state index contributed by atoms with van der Waals surface area (Å²) in [6, 6.07) is 1.93. The fraction of sp³-hybridized carbons (Fsp3) is 0.429. The normalized spacial score (nSPS) is 14.5. The summed E-state index contributed by atoms with van der Waals surface area (Å²) in [5.74, 6) is 0.427. The minimum absolute atomic E-state index is 0.138. The molecule has 4 nitrogen and oxygen atoms in total. The molecule has 2 aromatic rings. The monoisotopic (exact) mass is 278 g/mol. The van der Waals surface area contributed by atoms with Gasteiger partial charge in [-0.1, -0.05) is 19.9 Å². The average Bonchev–Trinajstić information content (AvgIpc) is 2.79. The first-order valence-corrected chi connectivity index (χ1v) is 6.78. The minimum atomic E-state index is 0.138. The number of rotatable bonds is 5. The highest BCUT2D eigenvalue weighted by Crippen LogP contribution is 2.29. The van der Waals surface area contributed by atoms with Crippen molar-refractivity contribution in [3.8, 4) is 0 Å². The van der Waals surface area contributed by atoms with Crippen molar-refractivity contribution in [1.29, 1.82) is 0 Å². The van der Waals surface area contributed by atoms with Crippen molar-refractivity contribution in [2.75, 3.05) is 5.73 Å². The van der Waals surface area contributed by atoms with Gasteiger partial charge in [0.1, 0.15) is 11.5 Å². The van der Waals surface area contributed by atoms with Crippen LogP contribution in [-0.2, 0) is 6.54 Å². The SMILES string of the molecule is C=C[C@@](C)(CC)CCn1ccc2c(N)nc(Cl)nc21. The number of nitrogen functional groups attached to an aromatic ring is 1. The summed E-state index contributed by atoms with van der Waals surface area (Å²) in [6.45, 7) is 9.16. The molecule has 0 spiro atoms. The van der Waals surface area contributed by atoms with Gasteiger partial charge in [0.25, 0.3) is 0 Å². The van der Waals surface area contributed by atoms with Gasteiger partial charge in [-0.15, -0.1) is 6.58 Å². The third kappa shape index (κ3) is 2.73. The molecule has 2 N–H and O–H groups in total. The average molecular weight is 279 g/mol. The van der Waals surface area contributed by atoms with Gasteiger partial charge in [0.05, 0.1) is 5.39 Å². The molecule has 0 bridgehead atoms. The molecular formula is C14H19ClN4. The molecule has 0 amide bonds. The van der Waals surface area contributed by atoms with E-state index < -0.39 is 0 Å². The second-order valence-electron chi connectivity index (χ2n) is 5.09. The van der Waals surface area contributed by atoms with Gasteiger partial charge in [0.2, 0.25) is 5.28 Å². The Balaban J connectivity index is 2.29. The number of aryl methyl sites for hydroxylation is 1. The van der Waals surface area contributed by atoms with Gasteiger partial charge >= 0.3 is 0 Å². The van der Waals surface area contributed by atoms with Crippen LogP contribution in [-0.4, -0.2) is 14.5 Å². The van der Waals surface area contributed by atoms with Crippen LogP contribution in [0.2, 0.25) is 5.28 Å². The van der Waals surface area contributed by atoms with Crippen molar-refractivity contribution in [2.24, 2.45) is 5.41 Å². The summed E-state index contributed by atoms with van der Waals surface area (Å²) in [4.78, 5) is 8.22. The van der Waals surface area contributed by atoms with Gasteiger partial charge in [0.15, 0.2) is 0 Å². The Hall–Kier alpha value is -1.55. The van der Waals surface area contributed by atoms with Gasteiger partial charge in [-0.2, -0.15) is 4.98 Å². The van der Waals surface area contributed by atoms with Crippen molar-refractivity contribution in [3.05, 3.63) is 30.2 Å². The van der Waals surface area contributed by atoms with Crippen LogP contribution in [0, 0.1) is 5.41 Å². The lowest BCUT2D eigenvalue weighted by molar-refractivity contribution is 0.354. The van der Waals surface area contributed by atoms with E-state index in [0.29, 0.717) is 5.82 Å². The number of aromatic nitrogens is 3. The highest BCUT2D eigenvalue weighted by Gasteiger charge is 2.18. The van der Waals surface area contributed by atoms with Crippen LogP contribution in [0.3, 0.4) is 0 Å².